The maximum atomic E-state index is 13.3. The zero-order chi connectivity index (χ0) is 51.8. The lowest BCUT2D eigenvalue weighted by Gasteiger charge is -2.41. The van der Waals surface area contributed by atoms with E-state index in [0.717, 1.165) is 70.6 Å². The molecular formula is C60H97NO10. The number of hydrogen-bond donors (Lipinski definition) is 6. The summed E-state index contributed by atoms with van der Waals surface area (Å²) in [4.78, 5) is 26.3. The number of hydrogen-bond acceptors (Lipinski definition) is 10. The molecule has 1 saturated heterocycles. The van der Waals surface area contributed by atoms with Crippen LogP contribution in [-0.4, -0.2) is 99.6 Å². The molecule has 0 spiro atoms. The van der Waals surface area contributed by atoms with E-state index in [1.165, 1.54) is 57.8 Å². The molecule has 6 N–H and O–H groups in total. The molecule has 1 fully saturated rings. The van der Waals surface area contributed by atoms with E-state index in [4.69, 9.17) is 14.2 Å². The van der Waals surface area contributed by atoms with Gasteiger partial charge in [-0.15, -0.1) is 0 Å². The number of carbonyl (C=O) groups excluding carboxylic acids is 2. The summed E-state index contributed by atoms with van der Waals surface area (Å²) in [6.45, 7) is 5.50. The Bertz CT molecular complexity index is 1610. The summed E-state index contributed by atoms with van der Waals surface area (Å²) in [6, 6.07) is -1.06. The number of aliphatic hydroxyl groups excluding tert-OH is 5. The number of unbranched alkanes of at least 4 members (excludes halogenated alkanes) is 15. The van der Waals surface area contributed by atoms with Crippen LogP contribution in [0, 0.1) is 0 Å². The Balaban J connectivity index is 2.82. The van der Waals surface area contributed by atoms with Crippen LogP contribution in [0.1, 0.15) is 181 Å². The maximum Gasteiger partial charge on any atom is 0.306 e. The number of ether oxygens (including phenoxy) is 3. The van der Waals surface area contributed by atoms with Gasteiger partial charge in [0.25, 0.3) is 0 Å². The van der Waals surface area contributed by atoms with Crippen molar-refractivity contribution in [3.63, 3.8) is 0 Å². The molecule has 0 aromatic carbocycles. The van der Waals surface area contributed by atoms with Gasteiger partial charge < -0.3 is 45.1 Å². The van der Waals surface area contributed by atoms with E-state index >= 15 is 0 Å². The van der Waals surface area contributed by atoms with Crippen LogP contribution in [0.3, 0.4) is 0 Å². The first kappa shape index (κ1) is 65.1. The molecule has 1 rings (SSSR count). The molecule has 71 heavy (non-hydrogen) atoms. The van der Waals surface area contributed by atoms with Gasteiger partial charge in [-0.1, -0.05) is 213 Å². The highest BCUT2D eigenvalue weighted by Gasteiger charge is 2.47. The highest BCUT2D eigenvalue weighted by atomic mass is 16.7. The van der Waals surface area contributed by atoms with Crippen LogP contribution >= 0.6 is 0 Å². The fourth-order valence-corrected chi connectivity index (χ4v) is 7.60. The first-order valence-corrected chi connectivity index (χ1v) is 27.4. The number of esters is 1. The Labute approximate surface area is 430 Å². The van der Waals surface area contributed by atoms with E-state index in [9.17, 15) is 35.1 Å². The van der Waals surface area contributed by atoms with Gasteiger partial charge in [0.1, 0.15) is 24.4 Å². The Morgan fingerprint density at radius 1 is 0.577 bits per heavy atom. The topological polar surface area (TPSA) is 175 Å². The minimum atomic E-state index is -1.65. The minimum Gasteiger partial charge on any atom is -0.454 e. The molecule has 0 bridgehead atoms. The third-order valence-electron chi connectivity index (χ3n) is 12.0. The van der Waals surface area contributed by atoms with Crippen LogP contribution in [0.5, 0.6) is 0 Å². The summed E-state index contributed by atoms with van der Waals surface area (Å²) in [5.41, 5.74) is 0. The quantitative estimate of drug-likeness (QED) is 0.0149. The number of amides is 1. The van der Waals surface area contributed by atoms with E-state index < -0.39 is 67.4 Å². The van der Waals surface area contributed by atoms with Gasteiger partial charge in [0, 0.05) is 6.42 Å². The van der Waals surface area contributed by atoms with Crippen molar-refractivity contribution in [1.29, 1.82) is 0 Å². The van der Waals surface area contributed by atoms with Gasteiger partial charge in [0.05, 0.1) is 25.4 Å². The van der Waals surface area contributed by atoms with Crippen molar-refractivity contribution < 1.29 is 49.3 Å². The van der Waals surface area contributed by atoms with Crippen molar-refractivity contribution in [2.75, 3.05) is 13.2 Å². The van der Waals surface area contributed by atoms with Crippen LogP contribution in [0.4, 0.5) is 0 Å². The standard InChI is InChI=1S/C60H97NO10/c1-4-7-10-13-16-19-22-24-25-26-27-28-30-32-35-38-41-44-47-53(64)59(68)61-51(52(63)46-43-40-37-34-31-21-18-15-12-9-6-3)50-69-60-58(57(67)56(66)54(49-62)70-60)71-55(65)48-45-42-39-36-33-29-23-20-17-14-11-8-5-2/h8,11,14,16-17,19-20,23-25,27-29,32-33,35-36,39,43,46,51-54,56-58,60,62-64,66-67H,4-7,9-10,12-13,15,18,21-22,26,30-31,34,37-38,40-42,44-45,47-50H2,1-3H3,(H,61,68)/b11-8+,17-14+,19-16-,23-20-,25-24-,28-27-,33-29-,35-32-,39-36+,46-43+. The molecule has 402 valence electrons. The Kier molecular flexibility index (Phi) is 43.2. The zero-order valence-corrected chi connectivity index (χ0v) is 44.0. The molecule has 0 aromatic heterocycles. The molecule has 0 aromatic rings. The lowest BCUT2D eigenvalue weighted by molar-refractivity contribution is -0.305. The zero-order valence-electron chi connectivity index (χ0n) is 44.0. The molecule has 11 nitrogen and oxygen atoms in total. The Morgan fingerprint density at radius 3 is 1.66 bits per heavy atom. The molecule has 8 unspecified atom stereocenters. The largest absolute Gasteiger partial charge is 0.454 e. The Morgan fingerprint density at radius 2 is 1.07 bits per heavy atom. The maximum absolute atomic E-state index is 13.3. The molecule has 1 amide bonds. The number of carbonyl (C=O) groups is 2. The van der Waals surface area contributed by atoms with Gasteiger partial charge in [0.15, 0.2) is 12.4 Å². The van der Waals surface area contributed by atoms with Crippen LogP contribution in [0.15, 0.2) is 122 Å². The van der Waals surface area contributed by atoms with E-state index in [2.05, 4.69) is 80.8 Å². The van der Waals surface area contributed by atoms with Crippen molar-refractivity contribution in [3.8, 4) is 0 Å². The normalized spacial score (nSPS) is 20.6. The Hall–Kier alpha value is -3.94. The number of rotatable bonds is 43. The summed E-state index contributed by atoms with van der Waals surface area (Å²) < 4.78 is 17.4. The second-order valence-corrected chi connectivity index (χ2v) is 18.3. The molecule has 1 aliphatic heterocycles. The minimum absolute atomic E-state index is 0.0160. The van der Waals surface area contributed by atoms with Crippen LogP contribution in [0.2, 0.25) is 0 Å². The third kappa shape index (κ3) is 35.8. The lowest BCUT2D eigenvalue weighted by atomic mass is 9.99. The third-order valence-corrected chi connectivity index (χ3v) is 12.0. The van der Waals surface area contributed by atoms with Gasteiger partial charge in [-0.25, -0.2) is 0 Å². The highest BCUT2D eigenvalue weighted by Crippen LogP contribution is 2.26. The van der Waals surface area contributed by atoms with E-state index in [1.807, 2.05) is 60.8 Å². The summed E-state index contributed by atoms with van der Waals surface area (Å²) in [7, 11) is 0. The van der Waals surface area contributed by atoms with Gasteiger partial charge in [-0.3, -0.25) is 9.59 Å². The van der Waals surface area contributed by atoms with E-state index in [0.29, 0.717) is 19.3 Å². The van der Waals surface area contributed by atoms with Crippen LogP contribution in [0.25, 0.3) is 0 Å². The summed E-state index contributed by atoms with van der Waals surface area (Å²) in [6.07, 6.45) is 54.0. The highest BCUT2D eigenvalue weighted by molar-refractivity contribution is 5.80. The second-order valence-electron chi connectivity index (χ2n) is 18.3. The van der Waals surface area contributed by atoms with Crippen molar-refractivity contribution in [2.24, 2.45) is 0 Å². The molecule has 1 aliphatic rings. The summed E-state index contributed by atoms with van der Waals surface area (Å²) in [5, 5.41) is 56.6. The van der Waals surface area contributed by atoms with Crippen molar-refractivity contribution in [1.82, 2.24) is 5.32 Å². The fraction of sp³-hybridized carbons (Fsp3) is 0.633. The molecule has 11 heteroatoms. The number of allylic oxidation sites excluding steroid dienone is 19. The van der Waals surface area contributed by atoms with Gasteiger partial charge >= 0.3 is 5.97 Å². The van der Waals surface area contributed by atoms with Crippen molar-refractivity contribution in [2.45, 2.75) is 230 Å². The average molecular weight is 992 g/mol. The summed E-state index contributed by atoms with van der Waals surface area (Å²) >= 11 is 0. The van der Waals surface area contributed by atoms with Crippen molar-refractivity contribution >= 4 is 11.9 Å². The average Bonchev–Trinajstić information content (AvgIpc) is 3.37. The van der Waals surface area contributed by atoms with Gasteiger partial charge in [-0.2, -0.15) is 0 Å². The molecule has 0 saturated carbocycles. The van der Waals surface area contributed by atoms with Gasteiger partial charge in [-0.05, 0) is 83.5 Å². The van der Waals surface area contributed by atoms with Crippen molar-refractivity contribution in [3.05, 3.63) is 122 Å². The first-order valence-electron chi connectivity index (χ1n) is 27.4. The fourth-order valence-electron chi connectivity index (χ4n) is 7.60. The molecular weight excluding hydrogens is 895 g/mol. The van der Waals surface area contributed by atoms with Gasteiger partial charge in [0.2, 0.25) is 5.91 Å². The number of aliphatic hydroxyl groups is 5. The smallest absolute Gasteiger partial charge is 0.306 e. The molecule has 0 aliphatic carbocycles. The predicted molar refractivity (Wildman–Crippen MR) is 291 cm³/mol. The molecule has 1 heterocycles. The van der Waals surface area contributed by atoms with E-state index in [-0.39, 0.29) is 19.4 Å². The summed E-state index contributed by atoms with van der Waals surface area (Å²) in [5.74, 6) is -1.32. The van der Waals surface area contributed by atoms with Crippen LogP contribution in [-0.2, 0) is 23.8 Å². The SMILES string of the molecule is CC/C=C/C=C/C=C\C=C/C=C/CCCC(=O)OC1C(OCC(NC(=O)C(O)CCCC/C=C\C/C=C\C/C=C\C/C=C\CCCCC)C(O)/C=C/CCCCCCCCCCC)OC(CO)C(O)C1O. The first-order chi connectivity index (χ1) is 34.7. The monoisotopic (exact) mass is 992 g/mol. The lowest BCUT2D eigenvalue weighted by Crippen LogP contribution is -2.61. The molecule has 8 atom stereocenters. The van der Waals surface area contributed by atoms with Crippen LogP contribution < -0.4 is 5.32 Å². The molecule has 0 radical (unpaired) electrons. The second kappa shape index (κ2) is 47.1. The predicted octanol–water partition coefficient (Wildman–Crippen LogP) is 11.9. The van der Waals surface area contributed by atoms with E-state index in [1.54, 1.807) is 6.08 Å². The number of nitrogens with one attached hydrogen (secondary N) is 1.